The molecular formula is C19H43NNaO3S. The molecule has 0 heterocycles. The van der Waals surface area contributed by atoms with E-state index in [1.165, 1.54) is 89.9 Å². The van der Waals surface area contributed by atoms with Gasteiger partial charge in [-0.1, -0.05) is 97.3 Å². The van der Waals surface area contributed by atoms with Crippen molar-refractivity contribution >= 4 is 39.7 Å². The van der Waals surface area contributed by atoms with Gasteiger partial charge >= 0.3 is 0 Å². The maximum absolute atomic E-state index is 9.79. The van der Waals surface area contributed by atoms with Gasteiger partial charge in [-0.3, -0.25) is 4.55 Å². The molecule has 25 heavy (non-hydrogen) atoms. The van der Waals surface area contributed by atoms with Crippen LogP contribution >= 0.6 is 0 Å². The molecule has 0 atom stereocenters. The van der Waals surface area contributed by atoms with Crippen LogP contribution in [0.5, 0.6) is 0 Å². The number of hydrogen-bond donors (Lipinski definition) is 2. The molecule has 0 saturated heterocycles. The van der Waals surface area contributed by atoms with Gasteiger partial charge in [-0.25, -0.2) is 0 Å². The van der Waals surface area contributed by atoms with Crippen molar-refractivity contribution in [1.82, 2.24) is 0 Å². The summed E-state index contributed by atoms with van der Waals surface area (Å²) in [6.45, 7) is 4.85. The fourth-order valence-corrected chi connectivity index (χ4v) is 3.11. The van der Waals surface area contributed by atoms with Crippen molar-refractivity contribution in [2.45, 2.75) is 110 Å². The SMILES string of the molecule is CCCCCCCCCCCCCCCCN.CCCS(=O)(=O)O.[Na]. The molecule has 0 aliphatic rings. The largest absolute Gasteiger partial charge is 0.330 e. The van der Waals surface area contributed by atoms with E-state index in [0.29, 0.717) is 6.42 Å². The second kappa shape index (κ2) is 24.9. The molecule has 0 unspecified atom stereocenters. The molecule has 1 radical (unpaired) electrons. The normalized spacial score (nSPS) is 10.7. The van der Waals surface area contributed by atoms with E-state index in [1.54, 1.807) is 6.92 Å². The van der Waals surface area contributed by atoms with Crippen LogP contribution in [0.2, 0.25) is 0 Å². The summed E-state index contributed by atoms with van der Waals surface area (Å²) in [4.78, 5) is 0. The number of hydrogen-bond acceptors (Lipinski definition) is 3. The third-order valence-corrected chi connectivity index (χ3v) is 4.94. The maximum Gasteiger partial charge on any atom is 0.264 e. The van der Waals surface area contributed by atoms with Crippen molar-refractivity contribution in [3.8, 4) is 0 Å². The third-order valence-electron chi connectivity index (χ3n) is 4.02. The molecule has 0 bridgehead atoms. The van der Waals surface area contributed by atoms with Crippen LogP contribution in [0, 0.1) is 0 Å². The van der Waals surface area contributed by atoms with Gasteiger partial charge in [-0.05, 0) is 19.4 Å². The maximum atomic E-state index is 9.79. The first-order valence-corrected chi connectivity index (χ1v) is 11.7. The van der Waals surface area contributed by atoms with Crippen molar-refractivity contribution in [2.75, 3.05) is 12.3 Å². The summed E-state index contributed by atoms with van der Waals surface area (Å²) < 4.78 is 27.6. The number of nitrogens with two attached hydrogens (primary N) is 1. The van der Waals surface area contributed by atoms with Crippen LogP contribution in [0.25, 0.3) is 0 Å². The Balaban J connectivity index is -0.000000513. The number of rotatable bonds is 16. The standard InChI is InChI=1S/C16H35N.C3H8O3S.Na/c1-2-3-4-5-6-7-8-9-10-11-12-13-14-15-16-17;1-2-3-7(4,5)6;/h2-17H2,1H3;2-3H2,1H3,(H,4,5,6);. The van der Waals surface area contributed by atoms with Crippen LogP contribution in [0.1, 0.15) is 110 Å². The van der Waals surface area contributed by atoms with Crippen LogP contribution in [-0.2, 0) is 10.1 Å². The number of unbranched alkanes of at least 4 members (excludes halogenated alkanes) is 13. The van der Waals surface area contributed by atoms with E-state index in [-0.39, 0.29) is 35.3 Å². The Kier molecular flexibility index (Phi) is 30.4. The van der Waals surface area contributed by atoms with Crippen molar-refractivity contribution in [2.24, 2.45) is 5.73 Å². The average molecular weight is 389 g/mol. The molecule has 0 aliphatic heterocycles. The van der Waals surface area contributed by atoms with Crippen LogP contribution in [0.4, 0.5) is 0 Å². The van der Waals surface area contributed by atoms with Gasteiger partial charge < -0.3 is 5.73 Å². The van der Waals surface area contributed by atoms with Crippen LogP contribution in [0.15, 0.2) is 0 Å². The van der Waals surface area contributed by atoms with Gasteiger partial charge in [0.05, 0.1) is 5.75 Å². The molecule has 0 aliphatic carbocycles. The minimum absolute atomic E-state index is 0. The predicted octanol–water partition coefficient (Wildman–Crippen LogP) is 5.33. The molecular weight excluding hydrogens is 345 g/mol. The topological polar surface area (TPSA) is 80.4 Å². The Morgan fingerprint density at radius 1 is 0.640 bits per heavy atom. The van der Waals surface area contributed by atoms with E-state index >= 15 is 0 Å². The van der Waals surface area contributed by atoms with Crippen molar-refractivity contribution < 1.29 is 13.0 Å². The van der Waals surface area contributed by atoms with E-state index in [4.69, 9.17) is 10.3 Å². The molecule has 0 fully saturated rings. The van der Waals surface area contributed by atoms with E-state index in [2.05, 4.69) is 6.92 Å². The quantitative estimate of drug-likeness (QED) is 0.213. The van der Waals surface area contributed by atoms with Gasteiger partial charge in [0.1, 0.15) is 0 Å². The molecule has 149 valence electrons. The summed E-state index contributed by atoms with van der Waals surface area (Å²) in [5.74, 6) is -0.132. The molecule has 0 saturated carbocycles. The first kappa shape index (κ1) is 30.6. The zero-order valence-electron chi connectivity index (χ0n) is 17.3. The molecule has 4 nitrogen and oxygen atoms in total. The van der Waals surface area contributed by atoms with E-state index < -0.39 is 10.1 Å². The summed E-state index contributed by atoms with van der Waals surface area (Å²) in [6.07, 6.45) is 20.3. The van der Waals surface area contributed by atoms with E-state index in [9.17, 15) is 8.42 Å². The summed E-state index contributed by atoms with van der Waals surface area (Å²) >= 11 is 0. The Bertz CT molecular complexity index is 311. The second-order valence-electron chi connectivity index (χ2n) is 6.67. The summed E-state index contributed by atoms with van der Waals surface area (Å²) in [5.41, 5.74) is 5.47. The van der Waals surface area contributed by atoms with Crippen LogP contribution in [0.3, 0.4) is 0 Å². The van der Waals surface area contributed by atoms with Crippen molar-refractivity contribution in [3.63, 3.8) is 0 Å². The van der Waals surface area contributed by atoms with Gasteiger partial charge in [0.25, 0.3) is 10.1 Å². The molecule has 0 amide bonds. The van der Waals surface area contributed by atoms with Crippen LogP contribution in [-0.4, -0.2) is 54.8 Å². The fourth-order valence-electron chi connectivity index (χ4n) is 2.60. The summed E-state index contributed by atoms with van der Waals surface area (Å²) in [6, 6.07) is 0. The molecule has 0 aromatic carbocycles. The molecule has 3 N–H and O–H groups in total. The Hall–Kier alpha value is 0.870. The van der Waals surface area contributed by atoms with Gasteiger partial charge in [-0.15, -0.1) is 0 Å². The Morgan fingerprint density at radius 2 is 0.960 bits per heavy atom. The van der Waals surface area contributed by atoms with E-state index in [1.807, 2.05) is 0 Å². The minimum atomic E-state index is -3.67. The Labute approximate surface area is 180 Å². The van der Waals surface area contributed by atoms with Crippen molar-refractivity contribution in [3.05, 3.63) is 0 Å². The van der Waals surface area contributed by atoms with Gasteiger partial charge in [0.2, 0.25) is 0 Å². The zero-order valence-corrected chi connectivity index (χ0v) is 20.1. The summed E-state index contributed by atoms with van der Waals surface area (Å²) in [5, 5.41) is 0. The fraction of sp³-hybridized carbons (Fsp3) is 1.00. The van der Waals surface area contributed by atoms with E-state index in [0.717, 1.165) is 6.54 Å². The molecule has 0 aromatic heterocycles. The second-order valence-corrected chi connectivity index (χ2v) is 8.24. The first-order valence-electron chi connectivity index (χ1n) is 10.1. The van der Waals surface area contributed by atoms with Gasteiger partial charge in [-0.2, -0.15) is 8.42 Å². The molecule has 0 spiro atoms. The average Bonchev–Trinajstić information content (AvgIpc) is 2.51. The smallest absolute Gasteiger partial charge is 0.264 e. The monoisotopic (exact) mass is 388 g/mol. The van der Waals surface area contributed by atoms with Gasteiger partial charge in [0, 0.05) is 29.6 Å². The predicted molar refractivity (Wildman–Crippen MR) is 112 cm³/mol. The summed E-state index contributed by atoms with van der Waals surface area (Å²) in [7, 11) is -3.67. The van der Waals surface area contributed by atoms with Crippen molar-refractivity contribution in [1.29, 1.82) is 0 Å². The molecule has 6 heteroatoms. The minimum Gasteiger partial charge on any atom is -0.330 e. The zero-order chi connectivity index (χ0) is 18.5. The first-order chi connectivity index (χ1) is 11.5. The molecule has 0 rings (SSSR count). The van der Waals surface area contributed by atoms with Crippen LogP contribution < -0.4 is 5.73 Å². The molecule has 0 aromatic rings. The Morgan fingerprint density at radius 3 is 1.16 bits per heavy atom. The third kappa shape index (κ3) is 36.5. The van der Waals surface area contributed by atoms with Gasteiger partial charge in [0.15, 0.2) is 0 Å².